The molecule has 1 saturated heterocycles. The first kappa shape index (κ1) is 12.9. The van der Waals surface area contributed by atoms with Crippen molar-refractivity contribution in [3.8, 4) is 5.75 Å². The lowest BCUT2D eigenvalue weighted by Crippen LogP contribution is -2.34. The fourth-order valence-corrected chi connectivity index (χ4v) is 2.29. The van der Waals surface area contributed by atoms with Crippen LogP contribution < -0.4 is 15.4 Å². The molecule has 1 aromatic carbocycles. The van der Waals surface area contributed by atoms with Gasteiger partial charge in [0, 0.05) is 25.0 Å². The first-order valence-electron chi connectivity index (χ1n) is 6.39. The van der Waals surface area contributed by atoms with E-state index in [1.165, 1.54) is 5.56 Å². The van der Waals surface area contributed by atoms with Gasteiger partial charge in [0.1, 0.15) is 5.75 Å². The second-order valence-corrected chi connectivity index (χ2v) is 4.61. The summed E-state index contributed by atoms with van der Waals surface area (Å²) in [5, 5.41) is 6.37. The molecule has 98 valence electrons. The normalized spacial score (nSPS) is 20.6. The molecule has 2 atom stereocenters. The Hall–Kier alpha value is -1.55. The number of carbonyl (C=O) groups excluding carboxylic acids is 1. The Labute approximate surface area is 108 Å². The van der Waals surface area contributed by atoms with E-state index < -0.39 is 0 Å². The van der Waals surface area contributed by atoms with E-state index in [1.54, 1.807) is 7.11 Å². The van der Waals surface area contributed by atoms with E-state index in [9.17, 15) is 4.79 Å². The van der Waals surface area contributed by atoms with Crippen molar-refractivity contribution in [2.24, 2.45) is 0 Å². The van der Waals surface area contributed by atoms with E-state index in [4.69, 9.17) is 4.74 Å². The number of rotatable bonds is 5. The summed E-state index contributed by atoms with van der Waals surface area (Å²) in [5.41, 5.74) is 1.23. The number of hydrogen-bond acceptors (Lipinski definition) is 3. The van der Waals surface area contributed by atoms with Gasteiger partial charge in [0.05, 0.1) is 7.11 Å². The van der Waals surface area contributed by atoms with Gasteiger partial charge in [-0.05, 0) is 24.1 Å². The molecule has 1 amide bonds. The maximum absolute atomic E-state index is 11.2. The second kappa shape index (κ2) is 5.87. The molecule has 18 heavy (non-hydrogen) atoms. The van der Waals surface area contributed by atoms with Crippen LogP contribution in [0.2, 0.25) is 0 Å². The van der Waals surface area contributed by atoms with Gasteiger partial charge in [-0.2, -0.15) is 0 Å². The van der Waals surface area contributed by atoms with Crippen LogP contribution in [0, 0.1) is 0 Å². The molecule has 1 fully saturated rings. The predicted molar refractivity (Wildman–Crippen MR) is 70.6 cm³/mol. The second-order valence-electron chi connectivity index (χ2n) is 4.61. The van der Waals surface area contributed by atoms with Crippen LogP contribution in [-0.2, 0) is 4.79 Å². The summed E-state index contributed by atoms with van der Waals surface area (Å²) in [7, 11) is 1.67. The van der Waals surface area contributed by atoms with E-state index in [-0.39, 0.29) is 18.0 Å². The van der Waals surface area contributed by atoms with Crippen molar-refractivity contribution in [1.82, 2.24) is 10.6 Å². The Morgan fingerprint density at radius 2 is 2.17 bits per heavy atom. The van der Waals surface area contributed by atoms with Crippen molar-refractivity contribution in [2.75, 3.05) is 13.7 Å². The van der Waals surface area contributed by atoms with Gasteiger partial charge in [0.2, 0.25) is 5.91 Å². The summed E-state index contributed by atoms with van der Waals surface area (Å²) in [5.74, 6) is 1.00. The van der Waals surface area contributed by atoms with E-state index in [2.05, 4.69) is 29.7 Å². The summed E-state index contributed by atoms with van der Waals surface area (Å²) < 4.78 is 5.15. The average molecular weight is 248 g/mol. The average Bonchev–Trinajstić information content (AvgIpc) is 2.82. The van der Waals surface area contributed by atoms with Crippen LogP contribution in [0.3, 0.4) is 0 Å². The molecule has 0 saturated carbocycles. The number of methoxy groups -OCH3 is 1. The maximum Gasteiger partial charge on any atom is 0.221 e. The molecule has 0 bridgehead atoms. The van der Waals surface area contributed by atoms with Gasteiger partial charge in [-0.25, -0.2) is 0 Å². The molecule has 0 aromatic heterocycles. The molecule has 4 heteroatoms. The standard InChI is InChI=1S/C14H20N2O2/c1-3-13(16-11-8-14(17)15-9-11)10-4-6-12(18-2)7-5-10/h4-7,11,13,16H,3,8-9H2,1-2H3,(H,15,17). The monoisotopic (exact) mass is 248 g/mol. The highest BCUT2D eigenvalue weighted by molar-refractivity contribution is 5.78. The molecule has 0 radical (unpaired) electrons. The molecule has 0 spiro atoms. The third-order valence-corrected chi connectivity index (χ3v) is 3.34. The van der Waals surface area contributed by atoms with Crippen LogP contribution in [-0.4, -0.2) is 25.6 Å². The molecule has 1 aliphatic heterocycles. The number of carbonyl (C=O) groups is 1. The Morgan fingerprint density at radius 1 is 1.44 bits per heavy atom. The van der Waals surface area contributed by atoms with Crippen molar-refractivity contribution in [3.05, 3.63) is 29.8 Å². The summed E-state index contributed by atoms with van der Waals surface area (Å²) in [6.07, 6.45) is 1.57. The molecule has 4 nitrogen and oxygen atoms in total. The molecule has 2 N–H and O–H groups in total. The van der Waals surface area contributed by atoms with Crippen LogP contribution in [0.25, 0.3) is 0 Å². The van der Waals surface area contributed by atoms with Crippen LogP contribution in [0.15, 0.2) is 24.3 Å². The molecule has 2 rings (SSSR count). The fraction of sp³-hybridized carbons (Fsp3) is 0.500. The number of hydrogen-bond donors (Lipinski definition) is 2. The molecule has 1 aliphatic rings. The van der Waals surface area contributed by atoms with Gasteiger partial charge in [-0.15, -0.1) is 0 Å². The zero-order valence-electron chi connectivity index (χ0n) is 10.9. The number of nitrogens with one attached hydrogen (secondary N) is 2. The Morgan fingerprint density at radius 3 is 2.67 bits per heavy atom. The lowest BCUT2D eigenvalue weighted by molar-refractivity contribution is -0.119. The van der Waals surface area contributed by atoms with Crippen LogP contribution in [0.1, 0.15) is 31.4 Å². The van der Waals surface area contributed by atoms with Gasteiger partial charge in [0.15, 0.2) is 0 Å². The van der Waals surface area contributed by atoms with Crippen molar-refractivity contribution < 1.29 is 9.53 Å². The van der Waals surface area contributed by atoms with E-state index >= 15 is 0 Å². The largest absolute Gasteiger partial charge is 0.497 e. The third-order valence-electron chi connectivity index (χ3n) is 3.34. The van der Waals surface area contributed by atoms with Crippen molar-refractivity contribution in [1.29, 1.82) is 0 Å². The number of ether oxygens (including phenoxy) is 1. The van der Waals surface area contributed by atoms with Crippen molar-refractivity contribution in [3.63, 3.8) is 0 Å². The van der Waals surface area contributed by atoms with Gasteiger partial charge < -0.3 is 15.4 Å². The zero-order chi connectivity index (χ0) is 13.0. The van der Waals surface area contributed by atoms with E-state index in [0.29, 0.717) is 6.42 Å². The number of amides is 1. The summed E-state index contributed by atoms with van der Waals surface area (Å²) in [4.78, 5) is 11.2. The smallest absolute Gasteiger partial charge is 0.221 e. The SMILES string of the molecule is CCC(NC1CNC(=O)C1)c1ccc(OC)cc1. The Balaban J connectivity index is 2.00. The van der Waals surface area contributed by atoms with Gasteiger partial charge in [-0.1, -0.05) is 19.1 Å². The van der Waals surface area contributed by atoms with Crippen molar-refractivity contribution >= 4 is 5.91 Å². The van der Waals surface area contributed by atoms with Crippen LogP contribution >= 0.6 is 0 Å². The minimum Gasteiger partial charge on any atom is -0.497 e. The summed E-state index contributed by atoms with van der Waals surface area (Å²) in [6, 6.07) is 8.61. The first-order chi connectivity index (χ1) is 8.72. The topological polar surface area (TPSA) is 50.4 Å². The minimum atomic E-state index is 0.136. The van der Waals surface area contributed by atoms with Gasteiger partial charge in [0.25, 0.3) is 0 Å². The van der Waals surface area contributed by atoms with E-state index in [1.807, 2.05) is 12.1 Å². The highest BCUT2D eigenvalue weighted by atomic mass is 16.5. The third kappa shape index (κ3) is 3.01. The van der Waals surface area contributed by atoms with E-state index in [0.717, 1.165) is 18.7 Å². The molecular formula is C14H20N2O2. The van der Waals surface area contributed by atoms with Crippen LogP contribution in [0.4, 0.5) is 0 Å². The molecule has 2 unspecified atom stereocenters. The fourth-order valence-electron chi connectivity index (χ4n) is 2.29. The van der Waals surface area contributed by atoms with Gasteiger partial charge >= 0.3 is 0 Å². The highest BCUT2D eigenvalue weighted by Crippen LogP contribution is 2.21. The zero-order valence-corrected chi connectivity index (χ0v) is 10.9. The molecular weight excluding hydrogens is 228 g/mol. The van der Waals surface area contributed by atoms with Crippen molar-refractivity contribution in [2.45, 2.75) is 31.8 Å². The number of benzene rings is 1. The molecule has 1 heterocycles. The highest BCUT2D eigenvalue weighted by Gasteiger charge is 2.23. The lowest BCUT2D eigenvalue weighted by Gasteiger charge is -2.21. The molecule has 1 aromatic rings. The Bertz CT molecular complexity index is 403. The Kier molecular flexibility index (Phi) is 4.20. The minimum absolute atomic E-state index is 0.136. The quantitative estimate of drug-likeness (QED) is 0.832. The summed E-state index contributed by atoms with van der Waals surface area (Å²) >= 11 is 0. The maximum atomic E-state index is 11.2. The first-order valence-corrected chi connectivity index (χ1v) is 6.39. The predicted octanol–water partition coefficient (Wildman–Crippen LogP) is 1.62. The van der Waals surface area contributed by atoms with Crippen LogP contribution in [0.5, 0.6) is 5.75 Å². The summed E-state index contributed by atoms with van der Waals surface area (Å²) in [6.45, 7) is 2.87. The molecule has 0 aliphatic carbocycles. The van der Waals surface area contributed by atoms with Gasteiger partial charge in [-0.3, -0.25) is 4.79 Å². The lowest BCUT2D eigenvalue weighted by atomic mass is 10.0.